The molecule has 33 heavy (non-hydrogen) atoms. The van der Waals surface area contributed by atoms with E-state index in [9.17, 15) is 23.4 Å². The highest BCUT2D eigenvalue weighted by atomic mass is 35.5. The molecule has 0 aromatic heterocycles. The number of carbonyl (C=O) groups is 1. The van der Waals surface area contributed by atoms with Crippen LogP contribution in [-0.2, 0) is 16.3 Å². The molecule has 3 aromatic carbocycles. The van der Waals surface area contributed by atoms with E-state index in [0.29, 0.717) is 17.0 Å². The number of carboxylic acid groups (broad SMARTS) is 1. The number of hydrogen-bond donors (Lipinski definition) is 2. The van der Waals surface area contributed by atoms with Crippen molar-refractivity contribution in [3.05, 3.63) is 94.5 Å². The molecule has 0 spiro atoms. The Hall–Kier alpha value is -3.38. The number of aliphatic hydroxyl groups excluding tert-OH is 1. The first-order valence-electron chi connectivity index (χ1n) is 9.96. The Labute approximate surface area is 197 Å². The number of nitrogens with zero attached hydrogens (tertiary/aromatic N) is 2. The third-order valence-corrected chi connectivity index (χ3v) is 7.08. The van der Waals surface area contributed by atoms with Gasteiger partial charge in [-0.1, -0.05) is 41.9 Å². The molecule has 0 saturated heterocycles. The maximum atomic E-state index is 12.8. The standard InChI is InChI=1S/C24H21ClN2O5S/c25-20-5-2-4-19(14-20)23(28)16-27(24(29)30)12-11-17-7-9-21(10-8-17)33(31,32)22-6-1-3-18(13-22)15-26/h1-10,13-14,23,28H,11-12,16H2,(H,29,30)/t23-/m0/s1. The van der Waals surface area contributed by atoms with Crippen molar-refractivity contribution in [3.63, 3.8) is 0 Å². The highest BCUT2D eigenvalue weighted by Crippen LogP contribution is 2.23. The molecule has 3 rings (SSSR count). The SMILES string of the molecule is N#Cc1cccc(S(=O)(=O)c2ccc(CCN(C[C@H](O)c3cccc(Cl)c3)C(=O)O)cc2)c1. The lowest BCUT2D eigenvalue weighted by Gasteiger charge is -2.23. The van der Waals surface area contributed by atoms with Gasteiger partial charge in [0.15, 0.2) is 0 Å². The number of sulfone groups is 1. The summed E-state index contributed by atoms with van der Waals surface area (Å²) in [5.74, 6) is 0. The van der Waals surface area contributed by atoms with Crippen LogP contribution in [0.5, 0.6) is 0 Å². The van der Waals surface area contributed by atoms with Gasteiger partial charge in [-0.15, -0.1) is 0 Å². The molecule has 0 saturated carbocycles. The largest absolute Gasteiger partial charge is 0.465 e. The van der Waals surface area contributed by atoms with Gasteiger partial charge >= 0.3 is 6.09 Å². The van der Waals surface area contributed by atoms with E-state index in [2.05, 4.69) is 0 Å². The minimum atomic E-state index is -3.78. The predicted octanol–water partition coefficient (Wildman–Crippen LogP) is 4.30. The topological polar surface area (TPSA) is 119 Å². The fourth-order valence-corrected chi connectivity index (χ4v) is 4.77. The van der Waals surface area contributed by atoms with Crippen LogP contribution < -0.4 is 0 Å². The number of nitriles is 1. The molecule has 0 aliphatic heterocycles. The van der Waals surface area contributed by atoms with Gasteiger partial charge in [-0.3, -0.25) is 0 Å². The summed E-state index contributed by atoms with van der Waals surface area (Å²) in [4.78, 5) is 12.8. The zero-order valence-corrected chi connectivity index (χ0v) is 19.0. The van der Waals surface area contributed by atoms with Crippen LogP contribution in [0.4, 0.5) is 4.79 Å². The van der Waals surface area contributed by atoms with Gasteiger partial charge in [-0.05, 0) is 60.0 Å². The van der Waals surface area contributed by atoms with Crippen molar-refractivity contribution >= 4 is 27.5 Å². The van der Waals surface area contributed by atoms with Gasteiger partial charge in [0, 0.05) is 11.6 Å². The Kier molecular flexibility index (Phi) is 7.71. The number of hydrogen-bond acceptors (Lipinski definition) is 5. The molecule has 0 fully saturated rings. The molecule has 7 nitrogen and oxygen atoms in total. The highest BCUT2D eigenvalue weighted by Gasteiger charge is 2.20. The summed E-state index contributed by atoms with van der Waals surface area (Å²) in [5.41, 5.74) is 1.51. The highest BCUT2D eigenvalue weighted by molar-refractivity contribution is 7.91. The van der Waals surface area contributed by atoms with Crippen LogP contribution in [0.15, 0.2) is 82.6 Å². The lowest BCUT2D eigenvalue weighted by Crippen LogP contribution is -2.35. The van der Waals surface area contributed by atoms with Crippen molar-refractivity contribution in [2.75, 3.05) is 13.1 Å². The van der Waals surface area contributed by atoms with Gasteiger partial charge in [-0.2, -0.15) is 5.26 Å². The molecule has 0 heterocycles. The minimum absolute atomic E-state index is 0.0290. The van der Waals surface area contributed by atoms with Crippen LogP contribution in [-0.4, -0.2) is 42.7 Å². The van der Waals surface area contributed by atoms with Crippen molar-refractivity contribution in [1.29, 1.82) is 5.26 Å². The number of halogens is 1. The van der Waals surface area contributed by atoms with Crippen LogP contribution in [0.1, 0.15) is 22.8 Å². The summed E-state index contributed by atoms with van der Waals surface area (Å²) in [7, 11) is -3.78. The van der Waals surface area contributed by atoms with E-state index in [1.165, 1.54) is 36.4 Å². The van der Waals surface area contributed by atoms with Crippen molar-refractivity contribution < 1.29 is 23.4 Å². The average Bonchev–Trinajstić information content (AvgIpc) is 2.81. The Morgan fingerprint density at radius 1 is 1.03 bits per heavy atom. The monoisotopic (exact) mass is 484 g/mol. The van der Waals surface area contributed by atoms with E-state index < -0.39 is 22.0 Å². The maximum absolute atomic E-state index is 12.8. The zero-order valence-electron chi connectivity index (χ0n) is 17.4. The van der Waals surface area contributed by atoms with Crippen LogP contribution in [0.2, 0.25) is 5.02 Å². The van der Waals surface area contributed by atoms with Crippen LogP contribution in [0, 0.1) is 11.3 Å². The second-order valence-corrected chi connectivity index (χ2v) is 9.72. The first-order chi connectivity index (χ1) is 15.7. The second-order valence-electron chi connectivity index (χ2n) is 7.34. The molecular formula is C24H21ClN2O5S. The normalized spacial score (nSPS) is 12.0. The lowest BCUT2D eigenvalue weighted by molar-refractivity contribution is 0.0973. The maximum Gasteiger partial charge on any atom is 0.407 e. The average molecular weight is 485 g/mol. The van der Waals surface area contributed by atoms with Gasteiger partial charge < -0.3 is 15.1 Å². The number of rotatable bonds is 8. The Morgan fingerprint density at radius 2 is 1.73 bits per heavy atom. The van der Waals surface area contributed by atoms with E-state index in [1.54, 1.807) is 36.4 Å². The fraction of sp³-hybridized carbons (Fsp3) is 0.167. The van der Waals surface area contributed by atoms with Crippen LogP contribution >= 0.6 is 11.6 Å². The summed E-state index contributed by atoms with van der Waals surface area (Å²) >= 11 is 5.93. The van der Waals surface area contributed by atoms with E-state index in [1.807, 2.05) is 6.07 Å². The first kappa shape index (κ1) is 24.3. The smallest absolute Gasteiger partial charge is 0.407 e. The van der Waals surface area contributed by atoms with E-state index in [0.717, 1.165) is 10.5 Å². The van der Waals surface area contributed by atoms with Gasteiger partial charge in [0.25, 0.3) is 0 Å². The summed E-state index contributed by atoms with van der Waals surface area (Å²) in [5, 5.41) is 29.3. The van der Waals surface area contributed by atoms with Crippen molar-refractivity contribution in [2.24, 2.45) is 0 Å². The number of amides is 1. The molecule has 1 amide bonds. The third-order valence-electron chi connectivity index (χ3n) is 5.07. The second kappa shape index (κ2) is 10.5. The van der Waals surface area contributed by atoms with Crippen molar-refractivity contribution in [1.82, 2.24) is 4.90 Å². The first-order valence-corrected chi connectivity index (χ1v) is 11.8. The van der Waals surface area contributed by atoms with Gasteiger partial charge in [0.2, 0.25) is 9.84 Å². The molecule has 3 aromatic rings. The molecule has 0 aliphatic carbocycles. The summed E-state index contributed by atoms with van der Waals surface area (Å²) in [6.07, 6.45) is -1.87. The molecule has 0 bridgehead atoms. The minimum Gasteiger partial charge on any atom is -0.465 e. The Morgan fingerprint density at radius 3 is 2.36 bits per heavy atom. The third kappa shape index (κ3) is 6.11. The molecule has 1 atom stereocenters. The van der Waals surface area contributed by atoms with Crippen molar-refractivity contribution in [2.45, 2.75) is 22.3 Å². The van der Waals surface area contributed by atoms with E-state index in [4.69, 9.17) is 16.9 Å². The number of benzene rings is 3. The number of aliphatic hydroxyl groups is 1. The van der Waals surface area contributed by atoms with E-state index >= 15 is 0 Å². The molecule has 170 valence electrons. The van der Waals surface area contributed by atoms with Crippen LogP contribution in [0.3, 0.4) is 0 Å². The molecule has 2 N–H and O–H groups in total. The van der Waals surface area contributed by atoms with E-state index in [-0.39, 0.29) is 28.4 Å². The van der Waals surface area contributed by atoms with Gasteiger partial charge in [0.05, 0.1) is 34.1 Å². The van der Waals surface area contributed by atoms with Crippen molar-refractivity contribution in [3.8, 4) is 6.07 Å². The molecule has 9 heteroatoms. The summed E-state index contributed by atoms with van der Waals surface area (Å²) in [6.45, 7) is -0.0133. The zero-order chi connectivity index (χ0) is 24.0. The predicted molar refractivity (Wildman–Crippen MR) is 123 cm³/mol. The Bertz CT molecular complexity index is 1290. The fourth-order valence-electron chi connectivity index (χ4n) is 3.26. The molecule has 0 aliphatic rings. The Balaban J connectivity index is 1.68. The molecule has 0 unspecified atom stereocenters. The molecular weight excluding hydrogens is 464 g/mol. The summed E-state index contributed by atoms with van der Waals surface area (Å²) < 4.78 is 25.6. The molecule has 0 radical (unpaired) electrons. The summed E-state index contributed by atoms with van der Waals surface area (Å²) in [6, 6.07) is 20.4. The van der Waals surface area contributed by atoms with Crippen LogP contribution in [0.25, 0.3) is 0 Å². The quantitative estimate of drug-likeness (QED) is 0.492. The van der Waals surface area contributed by atoms with Gasteiger partial charge in [-0.25, -0.2) is 13.2 Å². The lowest BCUT2D eigenvalue weighted by atomic mass is 10.1. The van der Waals surface area contributed by atoms with Gasteiger partial charge in [0.1, 0.15) is 0 Å².